The molecule has 0 N–H and O–H groups in total. The summed E-state index contributed by atoms with van der Waals surface area (Å²) in [5, 5.41) is 9.19. The zero-order chi connectivity index (χ0) is 14.3. The number of ether oxygens (including phenoxy) is 1. The summed E-state index contributed by atoms with van der Waals surface area (Å²) >= 11 is 5.93. The van der Waals surface area contributed by atoms with E-state index in [0.717, 1.165) is 11.8 Å². The highest BCUT2D eigenvalue weighted by molar-refractivity contribution is 7.91. The minimum Gasteiger partial charge on any atom is -0.383 e. The van der Waals surface area contributed by atoms with Crippen molar-refractivity contribution >= 4 is 21.4 Å². The minimum absolute atomic E-state index is 0.0957. The molecule has 102 valence electrons. The summed E-state index contributed by atoms with van der Waals surface area (Å²) in [7, 11) is -1.86. The predicted octanol–water partition coefficient (Wildman–Crippen LogP) is 2.01. The molecular weight excluding hydrogens is 286 g/mol. The number of methoxy groups -OCH3 is 1. The average Bonchev–Trinajstić information content (AvgIpc) is 2.99. The topological polar surface area (TPSA) is 67.2 Å². The number of rotatable bonds is 4. The van der Waals surface area contributed by atoms with E-state index in [1.54, 1.807) is 24.3 Å². The molecule has 3 atom stereocenters. The molecule has 1 aromatic rings. The van der Waals surface area contributed by atoms with Gasteiger partial charge in [-0.3, -0.25) is 0 Å². The quantitative estimate of drug-likeness (QED) is 0.853. The maximum absolute atomic E-state index is 11.9. The molecule has 1 aliphatic rings. The smallest absolute Gasteiger partial charge is 0.152 e. The van der Waals surface area contributed by atoms with Gasteiger partial charge in [-0.15, -0.1) is 0 Å². The largest absolute Gasteiger partial charge is 0.383 e. The van der Waals surface area contributed by atoms with E-state index < -0.39 is 20.5 Å². The SMILES string of the molecule is COC[C@]1(C#N)[C@H](c2cccc(Cl)c2)[C@@H]1S(C)(=O)=O. The third kappa shape index (κ3) is 2.36. The molecule has 1 fully saturated rings. The van der Waals surface area contributed by atoms with Gasteiger partial charge in [-0.1, -0.05) is 23.7 Å². The number of halogens is 1. The van der Waals surface area contributed by atoms with Crippen LogP contribution in [0.1, 0.15) is 11.5 Å². The Labute approximate surface area is 117 Å². The molecule has 2 rings (SSSR count). The summed E-state index contributed by atoms with van der Waals surface area (Å²) < 4.78 is 28.8. The lowest BCUT2D eigenvalue weighted by Gasteiger charge is -2.07. The van der Waals surface area contributed by atoms with Crippen molar-refractivity contribution in [3.8, 4) is 6.07 Å². The summed E-state index contributed by atoms with van der Waals surface area (Å²) in [5.41, 5.74) is -0.242. The van der Waals surface area contributed by atoms with Crippen LogP contribution < -0.4 is 0 Å². The fourth-order valence-corrected chi connectivity index (χ4v) is 4.83. The van der Waals surface area contributed by atoms with Gasteiger partial charge in [-0.05, 0) is 17.7 Å². The number of sulfone groups is 1. The van der Waals surface area contributed by atoms with Crippen molar-refractivity contribution in [2.24, 2.45) is 5.41 Å². The van der Waals surface area contributed by atoms with Crippen molar-refractivity contribution in [3.63, 3.8) is 0 Å². The molecule has 0 radical (unpaired) electrons. The molecule has 19 heavy (non-hydrogen) atoms. The van der Waals surface area contributed by atoms with Crippen molar-refractivity contribution < 1.29 is 13.2 Å². The Kier molecular flexibility index (Phi) is 3.61. The van der Waals surface area contributed by atoms with E-state index in [1.807, 2.05) is 0 Å². The average molecular weight is 300 g/mol. The third-order valence-corrected chi connectivity index (χ3v) is 5.37. The van der Waals surface area contributed by atoms with Crippen LogP contribution in [0.3, 0.4) is 0 Å². The summed E-state index contributed by atoms with van der Waals surface area (Å²) in [6.07, 6.45) is 1.16. The highest BCUT2D eigenvalue weighted by Crippen LogP contribution is 2.62. The number of nitrogens with zero attached hydrogens (tertiary/aromatic N) is 1. The molecule has 0 heterocycles. The van der Waals surface area contributed by atoms with Crippen LogP contribution in [-0.4, -0.2) is 33.6 Å². The normalized spacial score (nSPS) is 29.8. The standard InChI is InChI=1S/C13H14ClNO3S/c1-18-8-13(7-15)11(12(13)19(2,16)17)9-4-3-5-10(14)6-9/h3-6,11-12H,8H2,1-2H3/t11-,12+,13-/m1/s1. The minimum atomic E-state index is -3.33. The number of hydrogen-bond donors (Lipinski definition) is 0. The Bertz CT molecular complexity index is 638. The summed E-state index contributed by atoms with van der Waals surface area (Å²) in [6.45, 7) is 0.0957. The van der Waals surface area contributed by atoms with Crippen LogP contribution in [0.15, 0.2) is 24.3 Å². The van der Waals surface area contributed by atoms with Crippen molar-refractivity contribution in [3.05, 3.63) is 34.9 Å². The highest BCUT2D eigenvalue weighted by atomic mass is 35.5. The summed E-state index contributed by atoms with van der Waals surface area (Å²) in [6, 6.07) is 9.10. The van der Waals surface area contributed by atoms with Crippen LogP contribution in [0.2, 0.25) is 5.02 Å². The molecule has 1 aliphatic carbocycles. The first-order valence-electron chi connectivity index (χ1n) is 5.71. The molecule has 0 aromatic heterocycles. The van der Waals surface area contributed by atoms with E-state index in [2.05, 4.69) is 6.07 Å². The Balaban J connectivity index is 2.48. The molecule has 0 saturated heterocycles. The van der Waals surface area contributed by atoms with E-state index in [4.69, 9.17) is 16.3 Å². The van der Waals surface area contributed by atoms with Gasteiger partial charge in [-0.2, -0.15) is 5.26 Å². The first-order chi connectivity index (χ1) is 8.86. The summed E-state index contributed by atoms with van der Waals surface area (Å²) in [5.74, 6) is -0.383. The van der Waals surface area contributed by atoms with Gasteiger partial charge in [0.1, 0.15) is 5.41 Å². The van der Waals surface area contributed by atoms with E-state index in [-0.39, 0.29) is 12.5 Å². The number of hydrogen-bond acceptors (Lipinski definition) is 4. The van der Waals surface area contributed by atoms with Crippen LogP contribution in [0.25, 0.3) is 0 Å². The molecular formula is C13H14ClNO3S. The molecule has 1 saturated carbocycles. The predicted molar refractivity (Wildman–Crippen MR) is 72.7 cm³/mol. The van der Waals surface area contributed by atoms with Gasteiger partial charge in [0.25, 0.3) is 0 Å². The molecule has 6 heteroatoms. The van der Waals surface area contributed by atoms with Crippen molar-refractivity contribution in [1.82, 2.24) is 0 Å². The number of nitriles is 1. The van der Waals surface area contributed by atoms with Gasteiger partial charge in [0, 0.05) is 24.3 Å². The summed E-state index contributed by atoms with van der Waals surface area (Å²) in [4.78, 5) is 0. The maximum Gasteiger partial charge on any atom is 0.152 e. The lowest BCUT2D eigenvalue weighted by atomic mass is 10.0. The highest BCUT2D eigenvalue weighted by Gasteiger charge is 2.71. The second kappa shape index (κ2) is 4.78. The van der Waals surface area contributed by atoms with E-state index in [0.29, 0.717) is 5.02 Å². The lowest BCUT2D eigenvalue weighted by Crippen LogP contribution is -2.17. The van der Waals surface area contributed by atoms with Gasteiger partial charge in [-0.25, -0.2) is 8.42 Å². The molecule has 0 aliphatic heterocycles. The van der Waals surface area contributed by atoms with E-state index in [1.165, 1.54) is 7.11 Å². The molecule has 4 nitrogen and oxygen atoms in total. The van der Waals surface area contributed by atoms with Crippen LogP contribution in [0.5, 0.6) is 0 Å². The monoisotopic (exact) mass is 299 g/mol. The zero-order valence-corrected chi connectivity index (χ0v) is 12.2. The van der Waals surface area contributed by atoms with Gasteiger partial charge in [0.15, 0.2) is 9.84 Å². The Morgan fingerprint density at radius 1 is 1.53 bits per heavy atom. The second-order valence-corrected chi connectivity index (χ2v) is 7.47. The number of benzene rings is 1. The Hall–Kier alpha value is -1.09. The zero-order valence-electron chi connectivity index (χ0n) is 10.6. The Morgan fingerprint density at radius 2 is 2.21 bits per heavy atom. The molecule has 0 amide bonds. The van der Waals surface area contributed by atoms with Gasteiger partial charge >= 0.3 is 0 Å². The van der Waals surface area contributed by atoms with Crippen molar-refractivity contribution in [2.45, 2.75) is 11.2 Å². The molecule has 0 bridgehead atoms. The van der Waals surface area contributed by atoms with Crippen LogP contribution in [-0.2, 0) is 14.6 Å². The van der Waals surface area contributed by atoms with Crippen LogP contribution in [0.4, 0.5) is 0 Å². The van der Waals surface area contributed by atoms with Crippen molar-refractivity contribution in [2.75, 3.05) is 20.0 Å². The second-order valence-electron chi connectivity index (χ2n) is 4.87. The van der Waals surface area contributed by atoms with Crippen LogP contribution in [0, 0.1) is 16.7 Å². The lowest BCUT2D eigenvalue weighted by molar-refractivity contribution is 0.162. The maximum atomic E-state index is 11.9. The van der Waals surface area contributed by atoms with Gasteiger partial charge < -0.3 is 4.74 Å². The third-order valence-electron chi connectivity index (χ3n) is 3.52. The van der Waals surface area contributed by atoms with E-state index in [9.17, 15) is 13.7 Å². The fraction of sp³-hybridized carbons (Fsp3) is 0.462. The van der Waals surface area contributed by atoms with Gasteiger partial charge in [0.2, 0.25) is 0 Å². The van der Waals surface area contributed by atoms with Crippen LogP contribution >= 0.6 is 11.6 Å². The molecule has 1 aromatic carbocycles. The molecule has 0 unspecified atom stereocenters. The van der Waals surface area contributed by atoms with Crippen molar-refractivity contribution in [1.29, 1.82) is 5.26 Å². The first kappa shape index (κ1) is 14.3. The molecule has 0 spiro atoms. The Morgan fingerprint density at radius 3 is 2.68 bits per heavy atom. The van der Waals surface area contributed by atoms with E-state index >= 15 is 0 Å². The first-order valence-corrected chi connectivity index (χ1v) is 8.04. The van der Waals surface area contributed by atoms with Gasteiger partial charge in [0.05, 0.1) is 17.9 Å². The fourth-order valence-electron chi connectivity index (χ4n) is 2.78.